The zero-order chi connectivity index (χ0) is 20.4. The molecule has 0 atom stereocenters. The Morgan fingerprint density at radius 2 is 1.76 bits per heavy atom. The van der Waals surface area contributed by atoms with Crippen LogP contribution in [0.15, 0.2) is 42.9 Å². The van der Waals surface area contributed by atoms with Gasteiger partial charge in [0.1, 0.15) is 5.82 Å². The second kappa shape index (κ2) is 8.15. The number of nitrogens with zero attached hydrogens (tertiary/aromatic N) is 2. The van der Waals surface area contributed by atoms with Crippen LogP contribution >= 0.6 is 0 Å². The van der Waals surface area contributed by atoms with Crippen LogP contribution in [0.3, 0.4) is 0 Å². The Balaban J connectivity index is 1.82. The molecule has 1 aliphatic rings. The van der Waals surface area contributed by atoms with E-state index in [4.69, 9.17) is 5.73 Å². The van der Waals surface area contributed by atoms with Crippen molar-refractivity contribution in [2.75, 3.05) is 0 Å². The fourth-order valence-electron chi connectivity index (χ4n) is 4.32. The van der Waals surface area contributed by atoms with Gasteiger partial charge in [-0.3, -0.25) is 14.6 Å². The number of hydrogen-bond acceptors (Lipinski definition) is 3. The van der Waals surface area contributed by atoms with Gasteiger partial charge in [0.15, 0.2) is 5.78 Å². The summed E-state index contributed by atoms with van der Waals surface area (Å²) in [7, 11) is 0. The van der Waals surface area contributed by atoms with Crippen LogP contribution in [0, 0.1) is 11.7 Å². The third-order valence-electron chi connectivity index (χ3n) is 5.83. The molecule has 1 fully saturated rings. The first kappa shape index (κ1) is 19.3. The summed E-state index contributed by atoms with van der Waals surface area (Å²) >= 11 is 0. The lowest BCUT2D eigenvalue weighted by Crippen LogP contribution is -2.16. The molecule has 1 aromatic carbocycles. The average Bonchev–Trinajstić information content (AvgIpc) is 3.07. The van der Waals surface area contributed by atoms with Gasteiger partial charge in [-0.05, 0) is 37.1 Å². The van der Waals surface area contributed by atoms with E-state index < -0.39 is 11.7 Å². The van der Waals surface area contributed by atoms with E-state index in [1.807, 2.05) is 6.07 Å². The van der Waals surface area contributed by atoms with E-state index in [-0.39, 0.29) is 17.3 Å². The molecule has 1 aliphatic carbocycles. The second-order valence-electron chi connectivity index (χ2n) is 7.74. The van der Waals surface area contributed by atoms with Crippen molar-refractivity contribution < 1.29 is 14.0 Å². The summed E-state index contributed by atoms with van der Waals surface area (Å²) in [5.74, 6) is -1.13. The van der Waals surface area contributed by atoms with Gasteiger partial charge in [-0.2, -0.15) is 0 Å². The van der Waals surface area contributed by atoms with Crippen molar-refractivity contribution in [3.05, 3.63) is 59.8 Å². The number of carbonyl (C=O) groups excluding carboxylic acids is 2. The van der Waals surface area contributed by atoms with Crippen LogP contribution in [0.1, 0.15) is 65.7 Å². The van der Waals surface area contributed by atoms with Gasteiger partial charge in [-0.1, -0.05) is 32.1 Å². The first-order valence-corrected chi connectivity index (χ1v) is 10.2. The summed E-state index contributed by atoms with van der Waals surface area (Å²) < 4.78 is 15.4. The number of fused-ring (bicyclic) bond motifs is 1. The van der Waals surface area contributed by atoms with Crippen molar-refractivity contribution in [2.24, 2.45) is 11.7 Å². The maximum absolute atomic E-state index is 13.7. The quantitative estimate of drug-likeness (QED) is 0.646. The number of Topliss-reactive ketones (excluding diaryl/α,β-unsaturated/α-hetero) is 1. The number of carbonyl (C=O) groups is 2. The minimum Gasteiger partial charge on any atom is -0.366 e. The SMILES string of the molecule is NC(=O)c1cc(F)ccc1-n1cc(C(=O)C2CCCCCCC2)c2ccncc21. The molecule has 0 aliphatic heterocycles. The number of nitrogens with two attached hydrogens (primary N) is 1. The third kappa shape index (κ3) is 3.79. The number of hydrogen-bond donors (Lipinski definition) is 1. The topological polar surface area (TPSA) is 78.0 Å². The van der Waals surface area contributed by atoms with Gasteiger partial charge in [0.25, 0.3) is 5.91 Å². The van der Waals surface area contributed by atoms with Crippen molar-refractivity contribution in [1.29, 1.82) is 0 Å². The predicted molar refractivity (Wildman–Crippen MR) is 110 cm³/mol. The second-order valence-corrected chi connectivity index (χ2v) is 7.74. The zero-order valence-electron chi connectivity index (χ0n) is 16.2. The Labute approximate surface area is 168 Å². The molecule has 150 valence electrons. The molecule has 2 N–H and O–H groups in total. The average molecular weight is 393 g/mol. The Bertz CT molecular complexity index is 1070. The molecular formula is C23H24FN3O2. The summed E-state index contributed by atoms with van der Waals surface area (Å²) in [6.07, 6.45) is 12.6. The number of ketones is 1. The molecule has 6 heteroatoms. The maximum Gasteiger partial charge on any atom is 0.250 e. The molecule has 5 nitrogen and oxygen atoms in total. The molecule has 3 aromatic rings. The first-order chi connectivity index (χ1) is 14.1. The third-order valence-corrected chi connectivity index (χ3v) is 5.83. The lowest BCUT2D eigenvalue weighted by atomic mass is 9.86. The smallest absolute Gasteiger partial charge is 0.250 e. The lowest BCUT2D eigenvalue weighted by molar-refractivity contribution is 0.0899. The first-order valence-electron chi connectivity index (χ1n) is 10.2. The standard InChI is InChI=1S/C23H24FN3O2/c24-16-8-9-20(18(12-16)23(25)29)27-14-19(17-10-11-26-13-21(17)27)22(28)15-6-4-2-1-3-5-7-15/h8-15H,1-7H2,(H2,25,29). The van der Waals surface area contributed by atoms with Gasteiger partial charge in [-0.15, -0.1) is 0 Å². The molecule has 0 saturated heterocycles. The fourth-order valence-corrected chi connectivity index (χ4v) is 4.32. The highest BCUT2D eigenvalue weighted by molar-refractivity contribution is 6.09. The number of primary amides is 1. The summed E-state index contributed by atoms with van der Waals surface area (Å²) in [6, 6.07) is 5.72. The summed E-state index contributed by atoms with van der Waals surface area (Å²) in [6.45, 7) is 0. The Kier molecular flexibility index (Phi) is 5.43. The highest BCUT2D eigenvalue weighted by Crippen LogP contribution is 2.31. The van der Waals surface area contributed by atoms with E-state index >= 15 is 0 Å². The minimum atomic E-state index is -0.724. The van der Waals surface area contributed by atoms with Crippen molar-refractivity contribution in [3.8, 4) is 5.69 Å². The largest absolute Gasteiger partial charge is 0.366 e. The highest BCUT2D eigenvalue weighted by atomic mass is 19.1. The number of benzene rings is 1. The van der Waals surface area contributed by atoms with E-state index in [0.717, 1.165) is 37.1 Å². The van der Waals surface area contributed by atoms with Crippen LogP contribution < -0.4 is 5.73 Å². The van der Waals surface area contributed by atoms with Gasteiger partial charge in [0.2, 0.25) is 0 Å². The van der Waals surface area contributed by atoms with Gasteiger partial charge in [0, 0.05) is 29.3 Å². The molecule has 4 rings (SSSR count). The van der Waals surface area contributed by atoms with Crippen LogP contribution in [0.25, 0.3) is 16.6 Å². The summed E-state index contributed by atoms with van der Waals surface area (Å²) in [4.78, 5) is 29.5. The molecule has 1 saturated carbocycles. The maximum atomic E-state index is 13.7. The molecule has 0 bridgehead atoms. The number of amides is 1. The molecule has 1 amide bonds. The van der Waals surface area contributed by atoms with Crippen LogP contribution in [0.5, 0.6) is 0 Å². The molecule has 2 aromatic heterocycles. The summed E-state index contributed by atoms with van der Waals surface area (Å²) in [5.41, 5.74) is 7.29. The molecular weight excluding hydrogens is 369 g/mol. The number of pyridine rings is 1. The van der Waals surface area contributed by atoms with Crippen LogP contribution in [-0.2, 0) is 0 Å². The predicted octanol–water partition coefficient (Wildman–Crippen LogP) is 4.81. The molecule has 0 spiro atoms. The van der Waals surface area contributed by atoms with Crippen molar-refractivity contribution in [2.45, 2.75) is 44.9 Å². The number of halogens is 1. The molecule has 29 heavy (non-hydrogen) atoms. The van der Waals surface area contributed by atoms with E-state index in [9.17, 15) is 14.0 Å². The van der Waals surface area contributed by atoms with Gasteiger partial charge >= 0.3 is 0 Å². The Hall–Kier alpha value is -3.02. The van der Waals surface area contributed by atoms with Gasteiger partial charge < -0.3 is 10.3 Å². The van der Waals surface area contributed by atoms with E-state index in [1.54, 1.807) is 23.2 Å². The number of rotatable bonds is 4. The van der Waals surface area contributed by atoms with Crippen LogP contribution in [-0.4, -0.2) is 21.2 Å². The molecule has 0 radical (unpaired) electrons. The molecule has 2 heterocycles. The van der Waals surface area contributed by atoms with E-state index in [0.29, 0.717) is 16.8 Å². The van der Waals surface area contributed by atoms with Crippen molar-refractivity contribution >= 4 is 22.6 Å². The van der Waals surface area contributed by atoms with Gasteiger partial charge in [-0.25, -0.2) is 4.39 Å². The van der Waals surface area contributed by atoms with Crippen LogP contribution in [0.2, 0.25) is 0 Å². The monoisotopic (exact) mass is 393 g/mol. The minimum absolute atomic E-state index is 0.00587. The van der Waals surface area contributed by atoms with Crippen molar-refractivity contribution in [3.63, 3.8) is 0 Å². The lowest BCUT2D eigenvalue weighted by Gasteiger charge is -2.18. The van der Waals surface area contributed by atoms with Crippen LogP contribution in [0.4, 0.5) is 4.39 Å². The Morgan fingerprint density at radius 3 is 2.48 bits per heavy atom. The fraction of sp³-hybridized carbons (Fsp3) is 0.348. The van der Waals surface area contributed by atoms with Gasteiger partial charge in [0.05, 0.1) is 23.0 Å². The molecule has 0 unspecified atom stereocenters. The highest BCUT2D eigenvalue weighted by Gasteiger charge is 2.25. The van der Waals surface area contributed by atoms with E-state index in [2.05, 4.69) is 4.98 Å². The zero-order valence-corrected chi connectivity index (χ0v) is 16.2. The summed E-state index contributed by atoms with van der Waals surface area (Å²) in [5, 5.41) is 0.784. The van der Waals surface area contributed by atoms with E-state index in [1.165, 1.54) is 31.4 Å². The number of aromatic nitrogens is 2. The normalized spacial score (nSPS) is 15.8. The Morgan fingerprint density at radius 1 is 1.03 bits per heavy atom. The van der Waals surface area contributed by atoms with Crippen molar-refractivity contribution in [1.82, 2.24) is 9.55 Å².